The molecule has 0 atom stereocenters. The molecule has 1 aromatic carbocycles. The number of aryl methyl sites for hydroxylation is 3. The number of aromatic nitrogens is 2. The van der Waals surface area contributed by atoms with Crippen molar-refractivity contribution < 1.29 is 8.42 Å². The van der Waals surface area contributed by atoms with Crippen molar-refractivity contribution in [3.05, 3.63) is 41.2 Å². The molecule has 0 aliphatic rings. The number of benzene rings is 1. The maximum Gasteiger partial charge on any atom is 0.240 e. The molecule has 4 N–H and O–H groups in total. The molecule has 0 saturated heterocycles. The third-order valence-corrected chi connectivity index (χ3v) is 4.95. The quantitative estimate of drug-likeness (QED) is 0.556. The number of hydrogen-bond acceptors (Lipinski definition) is 4. The standard InChI is InChI=1S/C14H20N4O2S/c1-10-5-6-13(15)8-14(10)21(19,20)17-7-3-4-12-9-16-18-11(12)2/h5-6,8-9,17H,3-4,7,15H2,1-2H3,(H,16,18). The molecule has 114 valence electrons. The van der Waals surface area contributed by atoms with Gasteiger partial charge >= 0.3 is 0 Å². The van der Waals surface area contributed by atoms with E-state index in [2.05, 4.69) is 14.9 Å². The average Bonchev–Trinajstić information content (AvgIpc) is 2.83. The van der Waals surface area contributed by atoms with Gasteiger partial charge in [-0.05, 0) is 49.9 Å². The van der Waals surface area contributed by atoms with E-state index < -0.39 is 10.0 Å². The molecule has 21 heavy (non-hydrogen) atoms. The van der Waals surface area contributed by atoms with Gasteiger partial charge in [0.2, 0.25) is 10.0 Å². The molecular formula is C14H20N4O2S. The molecule has 0 aliphatic heterocycles. The molecule has 2 rings (SSSR count). The van der Waals surface area contributed by atoms with Gasteiger partial charge in [0.15, 0.2) is 0 Å². The van der Waals surface area contributed by atoms with Gasteiger partial charge in [0.05, 0.1) is 11.1 Å². The minimum atomic E-state index is -3.52. The Morgan fingerprint density at radius 3 is 2.76 bits per heavy atom. The van der Waals surface area contributed by atoms with Gasteiger partial charge < -0.3 is 5.73 Å². The lowest BCUT2D eigenvalue weighted by molar-refractivity contribution is 0.578. The first kappa shape index (κ1) is 15.5. The molecule has 1 heterocycles. The van der Waals surface area contributed by atoms with Crippen LogP contribution in [0, 0.1) is 13.8 Å². The fourth-order valence-corrected chi connectivity index (χ4v) is 3.45. The summed E-state index contributed by atoms with van der Waals surface area (Å²) >= 11 is 0. The van der Waals surface area contributed by atoms with Crippen LogP contribution in [0.5, 0.6) is 0 Å². The van der Waals surface area contributed by atoms with Crippen LogP contribution in [-0.2, 0) is 16.4 Å². The largest absolute Gasteiger partial charge is 0.399 e. The number of sulfonamides is 1. The van der Waals surface area contributed by atoms with Crippen LogP contribution in [0.15, 0.2) is 29.3 Å². The maximum atomic E-state index is 12.2. The van der Waals surface area contributed by atoms with Gasteiger partial charge in [-0.15, -0.1) is 0 Å². The number of anilines is 1. The number of hydrogen-bond donors (Lipinski definition) is 3. The predicted octanol–water partition coefficient (Wildman–Crippen LogP) is 1.52. The second-order valence-electron chi connectivity index (χ2n) is 5.05. The summed E-state index contributed by atoms with van der Waals surface area (Å²) in [5.74, 6) is 0. The molecule has 0 amide bonds. The zero-order chi connectivity index (χ0) is 15.5. The molecular weight excluding hydrogens is 288 g/mol. The molecule has 0 fully saturated rings. The first-order chi connectivity index (χ1) is 9.90. The van der Waals surface area contributed by atoms with Crippen molar-refractivity contribution in [1.82, 2.24) is 14.9 Å². The number of aromatic amines is 1. The second kappa shape index (κ2) is 6.28. The number of H-pyrrole nitrogens is 1. The van der Waals surface area contributed by atoms with E-state index in [0.717, 1.165) is 17.7 Å². The Morgan fingerprint density at radius 1 is 1.33 bits per heavy atom. The summed E-state index contributed by atoms with van der Waals surface area (Å²) in [7, 11) is -3.52. The zero-order valence-electron chi connectivity index (χ0n) is 12.2. The van der Waals surface area contributed by atoms with E-state index in [9.17, 15) is 8.42 Å². The molecule has 0 spiro atoms. The smallest absolute Gasteiger partial charge is 0.240 e. The predicted molar refractivity (Wildman–Crippen MR) is 82.4 cm³/mol. The van der Waals surface area contributed by atoms with Gasteiger partial charge in [-0.2, -0.15) is 5.10 Å². The van der Waals surface area contributed by atoms with E-state index in [0.29, 0.717) is 24.2 Å². The maximum absolute atomic E-state index is 12.2. The summed E-state index contributed by atoms with van der Waals surface area (Å²) in [6, 6.07) is 4.88. The minimum absolute atomic E-state index is 0.238. The Morgan fingerprint density at radius 2 is 2.10 bits per heavy atom. The summed E-state index contributed by atoms with van der Waals surface area (Å²) in [5, 5.41) is 6.80. The number of rotatable bonds is 6. The highest BCUT2D eigenvalue weighted by Gasteiger charge is 2.16. The van der Waals surface area contributed by atoms with Crippen LogP contribution in [0.2, 0.25) is 0 Å². The van der Waals surface area contributed by atoms with E-state index in [-0.39, 0.29) is 4.90 Å². The Labute approximate surface area is 124 Å². The minimum Gasteiger partial charge on any atom is -0.399 e. The van der Waals surface area contributed by atoms with Crippen LogP contribution >= 0.6 is 0 Å². The van der Waals surface area contributed by atoms with E-state index in [1.165, 1.54) is 6.07 Å². The Bertz CT molecular complexity index is 722. The number of nitrogens with zero attached hydrogens (tertiary/aromatic N) is 1. The fraction of sp³-hybridized carbons (Fsp3) is 0.357. The second-order valence-corrected chi connectivity index (χ2v) is 6.78. The van der Waals surface area contributed by atoms with Crippen LogP contribution in [0.3, 0.4) is 0 Å². The van der Waals surface area contributed by atoms with Crippen molar-refractivity contribution in [3.63, 3.8) is 0 Å². The van der Waals surface area contributed by atoms with Crippen LogP contribution in [0.1, 0.15) is 23.2 Å². The molecule has 2 aromatic rings. The van der Waals surface area contributed by atoms with Crippen LogP contribution in [0.4, 0.5) is 5.69 Å². The number of nitrogens with two attached hydrogens (primary N) is 1. The molecule has 0 radical (unpaired) electrons. The lowest BCUT2D eigenvalue weighted by Gasteiger charge is -2.10. The van der Waals surface area contributed by atoms with Crippen molar-refractivity contribution >= 4 is 15.7 Å². The Balaban J connectivity index is 1.95. The van der Waals surface area contributed by atoms with E-state index in [1.54, 1.807) is 25.3 Å². The SMILES string of the molecule is Cc1ccc(N)cc1S(=O)(=O)NCCCc1cn[nH]c1C. The van der Waals surface area contributed by atoms with Crippen molar-refractivity contribution in [2.75, 3.05) is 12.3 Å². The fourth-order valence-electron chi connectivity index (χ4n) is 2.10. The number of nitrogen functional groups attached to an aromatic ring is 1. The van der Waals surface area contributed by atoms with Crippen LogP contribution in [0.25, 0.3) is 0 Å². The third kappa shape index (κ3) is 3.83. The Hall–Kier alpha value is -1.86. The molecule has 0 saturated carbocycles. The molecule has 0 aliphatic carbocycles. The lowest BCUT2D eigenvalue weighted by atomic mass is 10.1. The summed E-state index contributed by atoms with van der Waals surface area (Å²) < 4.78 is 27.1. The average molecular weight is 308 g/mol. The van der Waals surface area contributed by atoms with E-state index in [4.69, 9.17) is 5.73 Å². The van der Waals surface area contributed by atoms with Crippen molar-refractivity contribution in [3.8, 4) is 0 Å². The lowest BCUT2D eigenvalue weighted by Crippen LogP contribution is -2.26. The van der Waals surface area contributed by atoms with Crippen molar-refractivity contribution in [2.45, 2.75) is 31.6 Å². The van der Waals surface area contributed by atoms with Gasteiger partial charge in [0.25, 0.3) is 0 Å². The highest BCUT2D eigenvalue weighted by atomic mass is 32.2. The van der Waals surface area contributed by atoms with Crippen molar-refractivity contribution in [1.29, 1.82) is 0 Å². The van der Waals surface area contributed by atoms with Crippen LogP contribution < -0.4 is 10.5 Å². The van der Waals surface area contributed by atoms with Gasteiger partial charge in [-0.3, -0.25) is 5.10 Å². The topological polar surface area (TPSA) is 101 Å². The molecule has 7 heteroatoms. The zero-order valence-corrected chi connectivity index (χ0v) is 13.0. The third-order valence-electron chi connectivity index (χ3n) is 3.35. The normalized spacial score (nSPS) is 11.7. The summed E-state index contributed by atoms with van der Waals surface area (Å²) in [5.41, 5.74) is 8.90. The van der Waals surface area contributed by atoms with E-state index >= 15 is 0 Å². The highest BCUT2D eigenvalue weighted by molar-refractivity contribution is 7.89. The number of nitrogens with one attached hydrogen (secondary N) is 2. The first-order valence-corrected chi connectivity index (χ1v) is 8.23. The molecule has 0 bridgehead atoms. The summed E-state index contributed by atoms with van der Waals surface area (Å²) in [6.45, 7) is 4.08. The summed E-state index contributed by atoms with van der Waals surface area (Å²) in [6.07, 6.45) is 3.26. The highest BCUT2D eigenvalue weighted by Crippen LogP contribution is 2.18. The van der Waals surface area contributed by atoms with Gasteiger partial charge in [-0.25, -0.2) is 13.1 Å². The first-order valence-electron chi connectivity index (χ1n) is 6.75. The monoisotopic (exact) mass is 308 g/mol. The molecule has 6 nitrogen and oxygen atoms in total. The van der Waals surface area contributed by atoms with Gasteiger partial charge in [-0.1, -0.05) is 6.07 Å². The molecule has 0 unspecified atom stereocenters. The van der Waals surface area contributed by atoms with E-state index in [1.807, 2.05) is 6.92 Å². The Kier molecular flexibility index (Phi) is 4.64. The van der Waals surface area contributed by atoms with Crippen LogP contribution in [-0.4, -0.2) is 25.2 Å². The van der Waals surface area contributed by atoms with Gasteiger partial charge in [0.1, 0.15) is 0 Å². The van der Waals surface area contributed by atoms with Gasteiger partial charge in [0, 0.05) is 17.9 Å². The van der Waals surface area contributed by atoms with Crippen molar-refractivity contribution in [2.24, 2.45) is 0 Å². The summed E-state index contributed by atoms with van der Waals surface area (Å²) in [4.78, 5) is 0.238. The molecule has 1 aromatic heterocycles.